The third kappa shape index (κ3) is 7.31. The van der Waals surface area contributed by atoms with Gasteiger partial charge in [0.2, 0.25) is 27.7 Å². The fourth-order valence-corrected chi connectivity index (χ4v) is 6.66. The molecule has 4 amide bonds. The highest BCUT2D eigenvalue weighted by atomic mass is 32.2. The van der Waals surface area contributed by atoms with Gasteiger partial charge in [-0.1, -0.05) is 25.0 Å². The first-order chi connectivity index (χ1) is 18.3. The second-order valence-corrected chi connectivity index (χ2v) is 12.9. The molecular formula is C25H35F3N4O6S. The van der Waals surface area contributed by atoms with Crippen molar-refractivity contribution in [2.45, 2.75) is 106 Å². The molecule has 4 aliphatic rings. The van der Waals surface area contributed by atoms with Crippen LogP contribution in [0.5, 0.6) is 0 Å². The molecule has 1 saturated heterocycles. The standard InChI is InChI=1S/C25H35F3N4O6S/c26-25(27,28)13-12-20(33)29-18-8-5-3-1-2-4-7-16-15-24(16,23(36)31-39(37,38)17-10-11-17)30-21(34)19-9-6-14-32(19)22(18)35/h4,7,16-19H,1-3,5-6,8-15H2,(H,29,33)(H,30,34)(H,31,36)/b7-4-. The van der Waals surface area contributed by atoms with Crippen molar-refractivity contribution >= 4 is 33.7 Å². The minimum Gasteiger partial charge on any atom is -0.344 e. The summed E-state index contributed by atoms with van der Waals surface area (Å²) in [4.78, 5) is 53.6. The van der Waals surface area contributed by atoms with Gasteiger partial charge >= 0.3 is 6.18 Å². The average molecular weight is 577 g/mol. The van der Waals surface area contributed by atoms with Gasteiger partial charge in [-0.05, 0) is 51.4 Å². The van der Waals surface area contributed by atoms with Crippen molar-refractivity contribution in [1.29, 1.82) is 0 Å². The Morgan fingerprint density at radius 3 is 2.51 bits per heavy atom. The van der Waals surface area contributed by atoms with Gasteiger partial charge in [0.1, 0.15) is 17.6 Å². The Labute approximate surface area is 225 Å². The summed E-state index contributed by atoms with van der Waals surface area (Å²) in [6.07, 6.45) is 1.87. The summed E-state index contributed by atoms with van der Waals surface area (Å²) in [6, 6.07) is -2.03. The first-order valence-corrected chi connectivity index (χ1v) is 15.1. The summed E-state index contributed by atoms with van der Waals surface area (Å²) in [5.74, 6) is -3.24. The zero-order valence-corrected chi connectivity index (χ0v) is 22.4. The number of hydrogen-bond donors (Lipinski definition) is 3. The number of fused-ring (bicyclic) bond motifs is 2. The number of carbonyl (C=O) groups is 4. The largest absolute Gasteiger partial charge is 0.389 e. The monoisotopic (exact) mass is 576 g/mol. The van der Waals surface area contributed by atoms with Crippen molar-refractivity contribution in [2.24, 2.45) is 5.92 Å². The fourth-order valence-electron chi connectivity index (χ4n) is 5.30. The van der Waals surface area contributed by atoms with Crippen LogP contribution < -0.4 is 15.4 Å². The summed E-state index contributed by atoms with van der Waals surface area (Å²) in [5, 5.41) is 4.55. The van der Waals surface area contributed by atoms with Crippen molar-refractivity contribution in [3.8, 4) is 0 Å². The zero-order chi connectivity index (χ0) is 28.4. The summed E-state index contributed by atoms with van der Waals surface area (Å²) in [6.45, 7) is 0.213. The third-order valence-corrected chi connectivity index (χ3v) is 9.62. The first-order valence-electron chi connectivity index (χ1n) is 13.5. The van der Waals surface area contributed by atoms with Gasteiger partial charge in [-0.25, -0.2) is 8.42 Å². The minimum atomic E-state index is -4.50. The minimum absolute atomic E-state index is 0.213. The Hall–Kier alpha value is -2.64. The lowest BCUT2D eigenvalue weighted by Gasteiger charge is -2.30. The van der Waals surface area contributed by atoms with Crippen LogP contribution in [0.1, 0.15) is 77.0 Å². The van der Waals surface area contributed by atoms with Gasteiger partial charge in [0, 0.05) is 18.9 Å². The second-order valence-electron chi connectivity index (χ2n) is 10.9. The van der Waals surface area contributed by atoms with Crippen LogP contribution in [0.15, 0.2) is 12.2 Å². The van der Waals surface area contributed by atoms with E-state index in [9.17, 15) is 40.8 Å². The maximum atomic E-state index is 13.5. The van der Waals surface area contributed by atoms with Crippen LogP contribution in [0, 0.1) is 5.92 Å². The number of sulfonamides is 1. The zero-order valence-electron chi connectivity index (χ0n) is 21.6. The van der Waals surface area contributed by atoms with E-state index in [1.165, 1.54) is 4.90 Å². The van der Waals surface area contributed by atoms with E-state index in [2.05, 4.69) is 15.4 Å². The third-order valence-electron chi connectivity index (χ3n) is 7.80. The first kappa shape index (κ1) is 29.3. The van der Waals surface area contributed by atoms with Gasteiger partial charge in [0.15, 0.2) is 0 Å². The molecule has 2 saturated carbocycles. The molecular weight excluding hydrogens is 541 g/mol. The number of hydrogen-bond acceptors (Lipinski definition) is 6. The predicted octanol–water partition coefficient (Wildman–Crippen LogP) is 1.81. The van der Waals surface area contributed by atoms with Crippen molar-refractivity contribution in [3.63, 3.8) is 0 Å². The van der Waals surface area contributed by atoms with E-state index in [0.717, 1.165) is 6.42 Å². The molecule has 0 aromatic rings. The molecule has 3 N–H and O–H groups in total. The van der Waals surface area contributed by atoms with E-state index in [4.69, 9.17) is 0 Å². The van der Waals surface area contributed by atoms with E-state index in [1.807, 2.05) is 12.2 Å². The van der Waals surface area contributed by atoms with Gasteiger partial charge in [0.05, 0.1) is 11.7 Å². The van der Waals surface area contributed by atoms with Crippen molar-refractivity contribution in [2.75, 3.05) is 6.54 Å². The molecule has 14 heteroatoms. The second kappa shape index (κ2) is 11.5. The normalized spacial score (nSPS) is 31.2. The Bertz CT molecular complexity index is 1120. The Kier molecular flexibility index (Phi) is 8.62. The summed E-state index contributed by atoms with van der Waals surface area (Å²) < 4.78 is 64.7. The van der Waals surface area contributed by atoms with Crippen molar-refractivity contribution in [1.82, 2.24) is 20.3 Å². The van der Waals surface area contributed by atoms with Gasteiger partial charge in [-0.15, -0.1) is 0 Å². The van der Waals surface area contributed by atoms with Gasteiger partial charge in [-0.2, -0.15) is 13.2 Å². The highest BCUT2D eigenvalue weighted by Gasteiger charge is 2.61. The van der Waals surface area contributed by atoms with Crippen LogP contribution in [0.3, 0.4) is 0 Å². The van der Waals surface area contributed by atoms with Crippen LogP contribution in [0.2, 0.25) is 0 Å². The van der Waals surface area contributed by atoms with Crippen molar-refractivity contribution < 1.29 is 40.8 Å². The van der Waals surface area contributed by atoms with Crippen LogP contribution in [-0.2, 0) is 29.2 Å². The number of carbonyl (C=O) groups excluding carboxylic acids is 4. The maximum Gasteiger partial charge on any atom is 0.389 e. The van der Waals surface area contributed by atoms with Crippen LogP contribution in [0.4, 0.5) is 13.2 Å². The molecule has 0 aromatic heterocycles. The number of nitrogens with zero attached hydrogens (tertiary/aromatic N) is 1. The molecule has 0 radical (unpaired) electrons. The molecule has 218 valence electrons. The molecule has 4 atom stereocenters. The van der Waals surface area contributed by atoms with Gasteiger partial charge in [0.25, 0.3) is 5.91 Å². The molecule has 2 aliphatic carbocycles. The lowest BCUT2D eigenvalue weighted by molar-refractivity contribution is -0.146. The lowest BCUT2D eigenvalue weighted by atomic mass is 10.0. The Morgan fingerprint density at radius 1 is 1.08 bits per heavy atom. The quantitative estimate of drug-likeness (QED) is 0.412. The summed E-state index contributed by atoms with van der Waals surface area (Å²) in [7, 11) is -3.84. The lowest BCUT2D eigenvalue weighted by Crippen LogP contribution is -2.58. The van der Waals surface area contributed by atoms with Gasteiger partial charge < -0.3 is 15.5 Å². The number of alkyl halides is 3. The summed E-state index contributed by atoms with van der Waals surface area (Å²) in [5.41, 5.74) is -1.45. The van der Waals surface area contributed by atoms with E-state index >= 15 is 0 Å². The molecule has 0 aromatic carbocycles. The number of rotatable bonds is 6. The SMILES string of the molecule is O=C(CCC(F)(F)F)NC1CCCCC/C=C\C2CC2(C(=O)NS(=O)(=O)C2CC2)NC(=O)C2CCCN2C1=O. The average Bonchev–Trinajstić information content (AvgIpc) is 3.77. The van der Waals surface area contributed by atoms with Crippen LogP contribution in [0.25, 0.3) is 0 Å². The number of halogens is 3. The molecule has 4 rings (SSSR count). The molecule has 0 spiro atoms. The molecule has 39 heavy (non-hydrogen) atoms. The van der Waals surface area contributed by atoms with E-state index < -0.39 is 81.5 Å². The highest BCUT2D eigenvalue weighted by Crippen LogP contribution is 2.46. The fraction of sp³-hybridized carbons (Fsp3) is 0.760. The Balaban J connectivity index is 1.51. The molecule has 2 heterocycles. The molecule has 4 unspecified atom stereocenters. The number of nitrogens with one attached hydrogen (secondary N) is 3. The molecule has 2 aliphatic heterocycles. The predicted molar refractivity (Wildman–Crippen MR) is 133 cm³/mol. The highest BCUT2D eigenvalue weighted by molar-refractivity contribution is 7.91. The summed E-state index contributed by atoms with van der Waals surface area (Å²) >= 11 is 0. The van der Waals surface area contributed by atoms with E-state index in [0.29, 0.717) is 44.9 Å². The topological polar surface area (TPSA) is 142 Å². The molecule has 10 nitrogen and oxygen atoms in total. The Morgan fingerprint density at radius 2 is 1.82 bits per heavy atom. The molecule has 0 bridgehead atoms. The van der Waals surface area contributed by atoms with E-state index in [1.54, 1.807) is 0 Å². The van der Waals surface area contributed by atoms with Crippen LogP contribution in [-0.4, -0.2) is 72.5 Å². The maximum absolute atomic E-state index is 13.5. The van der Waals surface area contributed by atoms with Crippen molar-refractivity contribution in [3.05, 3.63) is 12.2 Å². The smallest absolute Gasteiger partial charge is 0.344 e. The molecule has 3 fully saturated rings. The van der Waals surface area contributed by atoms with Crippen LogP contribution >= 0.6 is 0 Å². The van der Waals surface area contributed by atoms with Gasteiger partial charge in [-0.3, -0.25) is 23.9 Å². The number of allylic oxidation sites excluding steroid dienone is 1. The number of amides is 4. The van der Waals surface area contributed by atoms with E-state index in [-0.39, 0.29) is 19.4 Å².